The van der Waals surface area contributed by atoms with E-state index in [4.69, 9.17) is 0 Å². The standard InChI is InChI=1S/C13H18FNO2/c1-17-13(16)5-3-2-4-10-15-12-8-6-11(14)7-9-12/h6-9,15H,2-5,10H2,1H3. The molecule has 1 N–H and O–H groups in total. The minimum atomic E-state index is -0.228. The topological polar surface area (TPSA) is 38.3 Å². The van der Waals surface area contributed by atoms with Gasteiger partial charge in [-0.1, -0.05) is 6.42 Å². The van der Waals surface area contributed by atoms with E-state index in [2.05, 4.69) is 10.1 Å². The normalized spacial score (nSPS) is 10.0. The molecule has 1 aromatic carbocycles. The monoisotopic (exact) mass is 239 g/mol. The minimum Gasteiger partial charge on any atom is -0.469 e. The number of hydrogen-bond donors (Lipinski definition) is 1. The highest BCUT2D eigenvalue weighted by Gasteiger charge is 1.99. The third-order valence-corrected chi connectivity index (χ3v) is 2.46. The Morgan fingerprint density at radius 1 is 1.24 bits per heavy atom. The van der Waals surface area contributed by atoms with Gasteiger partial charge in [-0.25, -0.2) is 4.39 Å². The van der Waals surface area contributed by atoms with Gasteiger partial charge in [0.2, 0.25) is 0 Å². The van der Waals surface area contributed by atoms with Crippen molar-refractivity contribution in [3.8, 4) is 0 Å². The van der Waals surface area contributed by atoms with Crippen LogP contribution < -0.4 is 5.32 Å². The predicted molar refractivity (Wildman–Crippen MR) is 65.4 cm³/mol. The molecule has 0 saturated carbocycles. The van der Waals surface area contributed by atoms with E-state index >= 15 is 0 Å². The summed E-state index contributed by atoms with van der Waals surface area (Å²) in [7, 11) is 1.40. The SMILES string of the molecule is COC(=O)CCCCCNc1ccc(F)cc1. The number of esters is 1. The van der Waals surface area contributed by atoms with Gasteiger partial charge in [-0.2, -0.15) is 0 Å². The molecule has 0 saturated heterocycles. The van der Waals surface area contributed by atoms with E-state index in [0.29, 0.717) is 6.42 Å². The number of halogens is 1. The zero-order valence-corrected chi connectivity index (χ0v) is 10.0. The molecule has 1 rings (SSSR count). The highest BCUT2D eigenvalue weighted by molar-refractivity contribution is 5.68. The first-order valence-electron chi connectivity index (χ1n) is 5.78. The lowest BCUT2D eigenvalue weighted by Crippen LogP contribution is -2.03. The molecule has 1 aromatic rings. The molecule has 0 bridgehead atoms. The van der Waals surface area contributed by atoms with Crippen molar-refractivity contribution >= 4 is 11.7 Å². The first kappa shape index (κ1) is 13.5. The Morgan fingerprint density at radius 2 is 1.94 bits per heavy atom. The summed E-state index contributed by atoms with van der Waals surface area (Å²) in [5.74, 6) is -0.384. The number of methoxy groups -OCH3 is 1. The van der Waals surface area contributed by atoms with Crippen molar-refractivity contribution in [2.45, 2.75) is 25.7 Å². The summed E-state index contributed by atoms with van der Waals surface area (Å²) in [5.41, 5.74) is 0.916. The molecule has 0 aliphatic rings. The molecule has 0 amide bonds. The largest absolute Gasteiger partial charge is 0.469 e. The van der Waals surface area contributed by atoms with Gasteiger partial charge in [-0.05, 0) is 37.1 Å². The molecule has 94 valence electrons. The number of ether oxygens (including phenoxy) is 1. The van der Waals surface area contributed by atoms with E-state index in [1.807, 2.05) is 0 Å². The second kappa shape index (κ2) is 7.65. The van der Waals surface area contributed by atoms with Gasteiger partial charge in [-0.15, -0.1) is 0 Å². The fourth-order valence-corrected chi connectivity index (χ4v) is 1.47. The summed E-state index contributed by atoms with van der Waals surface area (Å²) in [6.45, 7) is 0.826. The van der Waals surface area contributed by atoms with E-state index in [0.717, 1.165) is 31.5 Å². The van der Waals surface area contributed by atoms with Crippen LogP contribution in [0.1, 0.15) is 25.7 Å². The number of hydrogen-bond acceptors (Lipinski definition) is 3. The van der Waals surface area contributed by atoms with Gasteiger partial charge in [0.05, 0.1) is 7.11 Å². The van der Waals surface area contributed by atoms with E-state index in [1.54, 1.807) is 12.1 Å². The predicted octanol–water partition coefficient (Wildman–Crippen LogP) is 2.97. The maximum absolute atomic E-state index is 12.6. The molecule has 0 heterocycles. The van der Waals surface area contributed by atoms with Crippen LogP contribution in [0.5, 0.6) is 0 Å². The van der Waals surface area contributed by atoms with E-state index in [9.17, 15) is 9.18 Å². The Balaban J connectivity index is 2.04. The number of anilines is 1. The Morgan fingerprint density at radius 3 is 2.59 bits per heavy atom. The Labute approximate surface area is 101 Å². The van der Waals surface area contributed by atoms with Crippen molar-refractivity contribution in [2.24, 2.45) is 0 Å². The maximum atomic E-state index is 12.6. The van der Waals surface area contributed by atoms with Gasteiger partial charge >= 0.3 is 5.97 Å². The molecule has 0 aliphatic heterocycles. The highest BCUT2D eigenvalue weighted by Crippen LogP contribution is 2.09. The zero-order chi connectivity index (χ0) is 12.5. The van der Waals surface area contributed by atoms with Crippen molar-refractivity contribution < 1.29 is 13.9 Å². The fraction of sp³-hybridized carbons (Fsp3) is 0.462. The molecule has 0 aliphatic carbocycles. The van der Waals surface area contributed by atoms with E-state index in [-0.39, 0.29) is 11.8 Å². The van der Waals surface area contributed by atoms with Crippen LogP contribution in [0.25, 0.3) is 0 Å². The van der Waals surface area contributed by atoms with Crippen LogP contribution in [0.4, 0.5) is 10.1 Å². The number of rotatable bonds is 7. The van der Waals surface area contributed by atoms with Crippen molar-refractivity contribution in [3.05, 3.63) is 30.1 Å². The second-order valence-corrected chi connectivity index (χ2v) is 3.82. The lowest BCUT2D eigenvalue weighted by Gasteiger charge is -2.05. The summed E-state index contributed by atoms with van der Waals surface area (Å²) in [4.78, 5) is 10.8. The summed E-state index contributed by atoms with van der Waals surface area (Å²) in [6, 6.07) is 6.28. The second-order valence-electron chi connectivity index (χ2n) is 3.82. The zero-order valence-electron chi connectivity index (χ0n) is 10.0. The van der Waals surface area contributed by atoms with Crippen LogP contribution in [0, 0.1) is 5.82 Å². The average Bonchev–Trinajstić information content (AvgIpc) is 2.35. The van der Waals surface area contributed by atoms with Crippen molar-refractivity contribution in [1.29, 1.82) is 0 Å². The number of nitrogens with one attached hydrogen (secondary N) is 1. The first-order chi connectivity index (χ1) is 8.22. The molecule has 3 nitrogen and oxygen atoms in total. The molecule has 0 radical (unpaired) electrons. The van der Waals surface area contributed by atoms with Gasteiger partial charge in [0.25, 0.3) is 0 Å². The third-order valence-electron chi connectivity index (χ3n) is 2.46. The molecule has 0 atom stereocenters. The van der Waals surface area contributed by atoms with Crippen LogP contribution in [0.15, 0.2) is 24.3 Å². The average molecular weight is 239 g/mol. The van der Waals surface area contributed by atoms with E-state index < -0.39 is 0 Å². The summed E-state index contributed by atoms with van der Waals surface area (Å²) >= 11 is 0. The van der Waals surface area contributed by atoms with Crippen LogP contribution in [0.3, 0.4) is 0 Å². The molecular weight excluding hydrogens is 221 g/mol. The Kier molecular flexibility index (Phi) is 6.07. The number of unbranched alkanes of at least 4 members (excludes halogenated alkanes) is 2. The number of benzene rings is 1. The van der Waals surface area contributed by atoms with Crippen molar-refractivity contribution in [2.75, 3.05) is 19.0 Å². The summed E-state index contributed by atoms with van der Waals surface area (Å²) in [5, 5.41) is 3.19. The van der Waals surface area contributed by atoms with Crippen LogP contribution in [0.2, 0.25) is 0 Å². The summed E-state index contributed by atoms with van der Waals surface area (Å²) < 4.78 is 17.2. The molecule has 0 spiro atoms. The summed E-state index contributed by atoms with van der Waals surface area (Å²) in [6.07, 6.45) is 3.28. The lowest BCUT2D eigenvalue weighted by molar-refractivity contribution is -0.140. The van der Waals surface area contributed by atoms with Gasteiger partial charge in [-0.3, -0.25) is 4.79 Å². The van der Waals surface area contributed by atoms with Crippen LogP contribution in [-0.4, -0.2) is 19.6 Å². The number of carbonyl (C=O) groups excluding carboxylic acids is 1. The molecule has 0 fully saturated rings. The first-order valence-corrected chi connectivity index (χ1v) is 5.78. The Bertz CT molecular complexity index is 338. The van der Waals surface area contributed by atoms with Crippen molar-refractivity contribution in [3.63, 3.8) is 0 Å². The smallest absolute Gasteiger partial charge is 0.305 e. The fourth-order valence-electron chi connectivity index (χ4n) is 1.47. The van der Waals surface area contributed by atoms with Gasteiger partial charge in [0.1, 0.15) is 5.82 Å². The van der Waals surface area contributed by atoms with Gasteiger partial charge < -0.3 is 10.1 Å². The number of carbonyl (C=O) groups is 1. The highest BCUT2D eigenvalue weighted by atomic mass is 19.1. The lowest BCUT2D eigenvalue weighted by atomic mass is 10.2. The Hall–Kier alpha value is -1.58. The van der Waals surface area contributed by atoms with Crippen LogP contribution >= 0.6 is 0 Å². The third kappa shape index (κ3) is 5.90. The molecule has 0 unspecified atom stereocenters. The molecule has 0 aromatic heterocycles. The van der Waals surface area contributed by atoms with E-state index in [1.165, 1.54) is 19.2 Å². The van der Waals surface area contributed by atoms with Crippen molar-refractivity contribution in [1.82, 2.24) is 0 Å². The molecule has 4 heteroatoms. The van der Waals surface area contributed by atoms with Crippen LogP contribution in [-0.2, 0) is 9.53 Å². The maximum Gasteiger partial charge on any atom is 0.305 e. The minimum absolute atomic E-state index is 0.156. The van der Waals surface area contributed by atoms with Gasteiger partial charge in [0, 0.05) is 18.7 Å². The van der Waals surface area contributed by atoms with Gasteiger partial charge in [0.15, 0.2) is 0 Å². The molecular formula is C13H18FNO2. The molecule has 17 heavy (non-hydrogen) atoms. The quantitative estimate of drug-likeness (QED) is 0.587.